The molecule has 0 unspecified atom stereocenters. The van der Waals surface area contributed by atoms with Crippen LogP contribution in [0.15, 0.2) is 36.7 Å². The van der Waals surface area contributed by atoms with Crippen molar-refractivity contribution in [3.8, 4) is 5.75 Å². The number of aliphatic hydroxyl groups is 1. The second-order valence-corrected chi connectivity index (χ2v) is 6.95. The molecule has 1 saturated heterocycles. The van der Waals surface area contributed by atoms with Gasteiger partial charge in [0.2, 0.25) is 0 Å². The van der Waals surface area contributed by atoms with Crippen LogP contribution >= 0.6 is 0 Å². The lowest BCUT2D eigenvalue weighted by Crippen LogP contribution is -2.57. The van der Waals surface area contributed by atoms with Gasteiger partial charge in [-0.05, 0) is 37.5 Å². The van der Waals surface area contributed by atoms with E-state index in [9.17, 15) is 9.90 Å². The molecule has 0 saturated carbocycles. The molecule has 2 N–H and O–H groups in total. The topological polar surface area (TPSA) is 79.6 Å². The minimum Gasteiger partial charge on any atom is -0.497 e. The summed E-state index contributed by atoms with van der Waals surface area (Å²) in [6.07, 6.45) is 4.93. The Bertz CT molecular complexity index is 776. The predicted octanol–water partition coefficient (Wildman–Crippen LogP) is 1.55. The lowest BCUT2D eigenvalue weighted by Gasteiger charge is -2.38. The molecule has 1 fully saturated rings. The van der Waals surface area contributed by atoms with Gasteiger partial charge in [-0.15, -0.1) is 0 Å². The van der Waals surface area contributed by atoms with Gasteiger partial charge in [-0.3, -0.25) is 4.79 Å². The Morgan fingerprint density at radius 2 is 2.26 bits per heavy atom. The van der Waals surface area contributed by atoms with Crippen LogP contribution < -0.4 is 10.1 Å². The number of aryl methyl sites for hydroxylation is 1. The maximum atomic E-state index is 12.9. The van der Waals surface area contributed by atoms with E-state index in [4.69, 9.17) is 4.74 Å². The first-order valence-corrected chi connectivity index (χ1v) is 9.41. The molecule has 3 rings (SSSR count). The van der Waals surface area contributed by atoms with Crippen LogP contribution in [0.5, 0.6) is 5.75 Å². The van der Waals surface area contributed by atoms with Crippen molar-refractivity contribution in [2.24, 2.45) is 0 Å². The van der Waals surface area contributed by atoms with Gasteiger partial charge in [0.25, 0.3) is 5.91 Å². The number of hydrogen-bond donors (Lipinski definition) is 2. The average molecular weight is 372 g/mol. The number of ether oxygens (including phenoxy) is 1. The van der Waals surface area contributed by atoms with Crippen LogP contribution in [0.4, 0.5) is 0 Å². The molecule has 0 spiro atoms. The van der Waals surface area contributed by atoms with E-state index in [1.807, 2.05) is 35.0 Å². The van der Waals surface area contributed by atoms with Crippen LogP contribution in [-0.2, 0) is 24.4 Å². The van der Waals surface area contributed by atoms with E-state index in [2.05, 4.69) is 17.2 Å². The van der Waals surface area contributed by atoms with Gasteiger partial charge >= 0.3 is 0 Å². The van der Waals surface area contributed by atoms with Crippen molar-refractivity contribution in [2.75, 3.05) is 20.2 Å². The standard InChI is InChI=1S/C20H28N4O3/c1-3-23-11-9-22-18(23)13-21-15-20(26)8-5-10-24(19(20)25)14-16-6-4-7-17(12-16)27-2/h4,6-7,9,11-12,21,26H,3,5,8,10,13-15H2,1-2H3/t20-/m0/s1. The first-order valence-electron chi connectivity index (χ1n) is 9.41. The summed E-state index contributed by atoms with van der Waals surface area (Å²) in [5.41, 5.74) is -0.384. The minimum absolute atomic E-state index is 0.219. The predicted molar refractivity (Wildman–Crippen MR) is 102 cm³/mol. The molecule has 1 atom stereocenters. The molecule has 0 radical (unpaired) electrons. The van der Waals surface area contributed by atoms with Crippen LogP contribution in [0.25, 0.3) is 0 Å². The zero-order valence-electron chi connectivity index (χ0n) is 16.0. The van der Waals surface area contributed by atoms with Gasteiger partial charge in [-0.2, -0.15) is 0 Å². The van der Waals surface area contributed by atoms with Gasteiger partial charge in [0.05, 0.1) is 13.7 Å². The molecule has 7 nitrogen and oxygen atoms in total. The molecule has 146 valence electrons. The molecule has 0 bridgehead atoms. The minimum atomic E-state index is -1.37. The molecule has 2 heterocycles. The highest BCUT2D eigenvalue weighted by Gasteiger charge is 2.41. The first kappa shape index (κ1) is 19.4. The van der Waals surface area contributed by atoms with Crippen molar-refractivity contribution in [3.63, 3.8) is 0 Å². The zero-order valence-corrected chi connectivity index (χ0v) is 16.0. The van der Waals surface area contributed by atoms with Crippen LogP contribution in [0.2, 0.25) is 0 Å². The van der Waals surface area contributed by atoms with E-state index in [1.165, 1.54) is 0 Å². The number of piperidine rings is 1. The number of rotatable bonds is 8. The number of benzene rings is 1. The lowest BCUT2D eigenvalue weighted by molar-refractivity contribution is -0.157. The maximum absolute atomic E-state index is 12.9. The molecular formula is C20H28N4O3. The second-order valence-electron chi connectivity index (χ2n) is 6.95. The van der Waals surface area contributed by atoms with Gasteiger partial charge in [-0.1, -0.05) is 12.1 Å². The van der Waals surface area contributed by atoms with Crippen molar-refractivity contribution in [3.05, 3.63) is 48.0 Å². The first-order chi connectivity index (χ1) is 13.1. The number of carbonyl (C=O) groups excluding carboxylic acids is 1. The van der Waals surface area contributed by atoms with Gasteiger partial charge < -0.3 is 24.6 Å². The zero-order chi connectivity index (χ0) is 19.3. The highest BCUT2D eigenvalue weighted by Crippen LogP contribution is 2.24. The summed E-state index contributed by atoms with van der Waals surface area (Å²) in [4.78, 5) is 18.9. The largest absolute Gasteiger partial charge is 0.497 e. The van der Waals surface area contributed by atoms with E-state index in [-0.39, 0.29) is 12.5 Å². The number of aromatic nitrogens is 2. The Morgan fingerprint density at radius 1 is 1.41 bits per heavy atom. The number of nitrogens with one attached hydrogen (secondary N) is 1. The maximum Gasteiger partial charge on any atom is 0.256 e. The third kappa shape index (κ3) is 4.48. The van der Waals surface area contributed by atoms with Crippen LogP contribution in [-0.4, -0.2) is 51.3 Å². The fourth-order valence-corrected chi connectivity index (χ4v) is 3.55. The number of likely N-dealkylation sites (tertiary alicyclic amines) is 1. The van der Waals surface area contributed by atoms with Crippen LogP contribution in [0.3, 0.4) is 0 Å². The van der Waals surface area contributed by atoms with Crippen LogP contribution in [0, 0.1) is 0 Å². The van der Waals surface area contributed by atoms with Crippen molar-refractivity contribution < 1.29 is 14.6 Å². The van der Waals surface area contributed by atoms with Crippen LogP contribution in [0.1, 0.15) is 31.2 Å². The Morgan fingerprint density at radius 3 is 3.04 bits per heavy atom. The number of carbonyl (C=O) groups is 1. The Hall–Kier alpha value is -2.38. The SMILES string of the molecule is CCn1ccnc1CNC[C@@]1(O)CCCN(Cc2cccc(OC)c2)C1=O. The number of imidazole rings is 1. The molecule has 27 heavy (non-hydrogen) atoms. The fourth-order valence-electron chi connectivity index (χ4n) is 3.55. The molecule has 2 aromatic rings. The quantitative estimate of drug-likeness (QED) is 0.735. The molecule has 1 aromatic heterocycles. The number of nitrogens with zero attached hydrogens (tertiary/aromatic N) is 3. The highest BCUT2D eigenvalue weighted by molar-refractivity contribution is 5.86. The third-order valence-corrected chi connectivity index (χ3v) is 5.05. The number of hydrogen-bond acceptors (Lipinski definition) is 5. The lowest BCUT2D eigenvalue weighted by atomic mass is 9.91. The van der Waals surface area contributed by atoms with Gasteiger partial charge in [0, 0.05) is 38.6 Å². The Balaban J connectivity index is 1.60. The van der Waals surface area contributed by atoms with E-state index < -0.39 is 5.60 Å². The third-order valence-electron chi connectivity index (χ3n) is 5.05. The summed E-state index contributed by atoms with van der Waals surface area (Å²) in [5, 5.41) is 14.1. The number of methoxy groups -OCH3 is 1. The van der Waals surface area contributed by atoms with Gasteiger partial charge in [0.15, 0.2) is 5.60 Å². The van der Waals surface area contributed by atoms with Crippen molar-refractivity contribution in [2.45, 2.75) is 45.0 Å². The Kier molecular flexibility index (Phi) is 6.13. The van der Waals surface area contributed by atoms with E-state index in [0.29, 0.717) is 26.1 Å². The van der Waals surface area contributed by atoms with E-state index in [1.54, 1.807) is 18.2 Å². The molecule has 1 aliphatic rings. The highest BCUT2D eigenvalue weighted by atomic mass is 16.5. The summed E-state index contributed by atoms with van der Waals surface area (Å²) < 4.78 is 7.28. The van der Waals surface area contributed by atoms with E-state index in [0.717, 1.165) is 30.1 Å². The molecule has 1 aromatic carbocycles. The molecule has 0 aliphatic carbocycles. The summed E-state index contributed by atoms with van der Waals surface area (Å²) in [5.74, 6) is 1.45. The summed E-state index contributed by atoms with van der Waals surface area (Å²) in [6.45, 7) is 4.76. The molecular weight excluding hydrogens is 344 g/mol. The smallest absolute Gasteiger partial charge is 0.256 e. The van der Waals surface area contributed by atoms with E-state index >= 15 is 0 Å². The fraction of sp³-hybridized carbons (Fsp3) is 0.500. The second kappa shape index (κ2) is 8.54. The van der Waals surface area contributed by atoms with Gasteiger partial charge in [-0.25, -0.2) is 4.98 Å². The van der Waals surface area contributed by atoms with Gasteiger partial charge in [0.1, 0.15) is 11.6 Å². The monoisotopic (exact) mass is 372 g/mol. The molecule has 1 amide bonds. The average Bonchev–Trinajstić information content (AvgIpc) is 3.13. The summed E-state index contributed by atoms with van der Waals surface area (Å²) >= 11 is 0. The van der Waals surface area contributed by atoms with Crippen molar-refractivity contribution in [1.82, 2.24) is 19.8 Å². The van der Waals surface area contributed by atoms with Crippen molar-refractivity contribution in [1.29, 1.82) is 0 Å². The normalized spacial score (nSPS) is 20.1. The number of amides is 1. The molecule has 1 aliphatic heterocycles. The summed E-state index contributed by atoms with van der Waals surface area (Å²) in [7, 11) is 1.62. The summed E-state index contributed by atoms with van der Waals surface area (Å²) in [6, 6.07) is 7.67. The Labute approximate surface area is 160 Å². The molecule has 7 heteroatoms. The van der Waals surface area contributed by atoms with Crippen molar-refractivity contribution >= 4 is 5.91 Å².